The number of nitrogens with zero attached hydrogens (tertiary/aromatic N) is 1. The number of hydrogen-bond acceptors (Lipinski definition) is 2. The van der Waals surface area contributed by atoms with Crippen molar-refractivity contribution in [2.45, 2.75) is 25.5 Å². The molecule has 1 atom stereocenters. The summed E-state index contributed by atoms with van der Waals surface area (Å²) in [5.41, 5.74) is 2.18. The van der Waals surface area contributed by atoms with E-state index in [2.05, 4.69) is 4.57 Å². The average Bonchev–Trinajstić information content (AvgIpc) is 2.57. The second-order valence-corrected chi connectivity index (χ2v) is 4.14. The zero-order chi connectivity index (χ0) is 10.4. The lowest BCUT2D eigenvalue weighted by molar-refractivity contribution is 0.144. The number of aliphatic hydroxyl groups excluding tert-OH is 1. The molecule has 0 amide bonds. The fourth-order valence-electron chi connectivity index (χ4n) is 2.38. The number of fused-ring (bicyclic) bond motifs is 3. The lowest BCUT2D eigenvalue weighted by atomic mass is 10.1. The molecule has 1 aromatic heterocycles. The Hall–Kier alpha value is -1.48. The van der Waals surface area contributed by atoms with Crippen LogP contribution in [0, 0.1) is 0 Å². The third-order valence-electron chi connectivity index (χ3n) is 3.14. The number of aromatic nitrogens is 1. The standard InChI is InChI=1S/C12H13NO2/c14-9-4-5-13-8(6-9)7-10-11(13)2-1-3-12(10)15/h1-3,7,9,14-15H,4-6H2. The summed E-state index contributed by atoms with van der Waals surface area (Å²) >= 11 is 0. The molecule has 78 valence electrons. The summed E-state index contributed by atoms with van der Waals surface area (Å²) in [5, 5.41) is 20.2. The van der Waals surface area contributed by atoms with Gasteiger partial charge in [-0.3, -0.25) is 0 Å². The smallest absolute Gasteiger partial charge is 0.124 e. The summed E-state index contributed by atoms with van der Waals surface area (Å²) in [6.45, 7) is 0.837. The maximum absolute atomic E-state index is 9.71. The number of rotatable bonds is 0. The zero-order valence-corrected chi connectivity index (χ0v) is 8.35. The molecule has 3 nitrogen and oxygen atoms in total. The van der Waals surface area contributed by atoms with Crippen LogP contribution >= 0.6 is 0 Å². The third kappa shape index (κ3) is 1.23. The van der Waals surface area contributed by atoms with E-state index >= 15 is 0 Å². The van der Waals surface area contributed by atoms with E-state index in [1.807, 2.05) is 18.2 Å². The summed E-state index contributed by atoms with van der Waals surface area (Å²) in [7, 11) is 0. The van der Waals surface area contributed by atoms with Gasteiger partial charge in [0.1, 0.15) is 5.75 Å². The summed E-state index contributed by atoms with van der Waals surface area (Å²) < 4.78 is 2.18. The van der Waals surface area contributed by atoms with Crippen molar-refractivity contribution in [3.63, 3.8) is 0 Å². The maximum Gasteiger partial charge on any atom is 0.124 e. The molecule has 2 heterocycles. The van der Waals surface area contributed by atoms with Crippen molar-refractivity contribution < 1.29 is 10.2 Å². The van der Waals surface area contributed by atoms with E-state index in [1.165, 1.54) is 0 Å². The quantitative estimate of drug-likeness (QED) is 0.684. The van der Waals surface area contributed by atoms with E-state index in [-0.39, 0.29) is 6.10 Å². The fraction of sp³-hybridized carbons (Fsp3) is 0.333. The molecule has 15 heavy (non-hydrogen) atoms. The van der Waals surface area contributed by atoms with Crippen LogP contribution in [-0.4, -0.2) is 20.9 Å². The number of aromatic hydroxyl groups is 1. The molecule has 1 aromatic carbocycles. The topological polar surface area (TPSA) is 45.4 Å². The molecule has 3 rings (SSSR count). The lowest BCUT2D eigenvalue weighted by Crippen LogP contribution is -2.22. The second kappa shape index (κ2) is 3.00. The molecule has 3 heteroatoms. The highest BCUT2D eigenvalue weighted by Gasteiger charge is 2.19. The Morgan fingerprint density at radius 1 is 1.33 bits per heavy atom. The monoisotopic (exact) mass is 203 g/mol. The molecule has 1 unspecified atom stereocenters. The van der Waals surface area contributed by atoms with Gasteiger partial charge in [-0.1, -0.05) is 6.07 Å². The zero-order valence-electron chi connectivity index (χ0n) is 8.35. The highest BCUT2D eigenvalue weighted by Crippen LogP contribution is 2.30. The Labute approximate surface area is 87.6 Å². The van der Waals surface area contributed by atoms with Crippen molar-refractivity contribution in [1.29, 1.82) is 0 Å². The number of phenolic OH excluding ortho intramolecular Hbond substituents is 1. The van der Waals surface area contributed by atoms with Gasteiger partial charge in [0.15, 0.2) is 0 Å². The Morgan fingerprint density at radius 2 is 2.20 bits per heavy atom. The highest BCUT2D eigenvalue weighted by atomic mass is 16.3. The van der Waals surface area contributed by atoms with Gasteiger partial charge in [0.05, 0.1) is 11.6 Å². The van der Waals surface area contributed by atoms with Gasteiger partial charge in [0, 0.05) is 24.0 Å². The van der Waals surface area contributed by atoms with Crippen molar-refractivity contribution in [3.05, 3.63) is 30.0 Å². The predicted octanol–water partition coefficient (Wildman–Crippen LogP) is 1.65. The van der Waals surface area contributed by atoms with Gasteiger partial charge in [-0.2, -0.15) is 0 Å². The van der Waals surface area contributed by atoms with Crippen LogP contribution in [0.2, 0.25) is 0 Å². The van der Waals surface area contributed by atoms with Gasteiger partial charge < -0.3 is 14.8 Å². The minimum atomic E-state index is -0.232. The van der Waals surface area contributed by atoms with Gasteiger partial charge in [0.2, 0.25) is 0 Å². The molecule has 2 N–H and O–H groups in total. The van der Waals surface area contributed by atoms with Gasteiger partial charge in [-0.25, -0.2) is 0 Å². The minimum absolute atomic E-state index is 0.232. The van der Waals surface area contributed by atoms with Crippen LogP contribution < -0.4 is 0 Å². The summed E-state index contributed by atoms with van der Waals surface area (Å²) in [4.78, 5) is 0. The molecule has 2 aromatic rings. The van der Waals surface area contributed by atoms with Crippen molar-refractivity contribution >= 4 is 10.9 Å². The molecule has 1 aliphatic heterocycles. The first-order valence-corrected chi connectivity index (χ1v) is 5.24. The first kappa shape index (κ1) is 8.80. The molecule has 0 fully saturated rings. The van der Waals surface area contributed by atoms with Crippen LogP contribution in [0.4, 0.5) is 0 Å². The van der Waals surface area contributed by atoms with Crippen molar-refractivity contribution in [3.8, 4) is 5.75 Å². The number of phenols is 1. The first-order chi connectivity index (χ1) is 7.25. The fourth-order valence-corrected chi connectivity index (χ4v) is 2.38. The molecule has 1 aliphatic rings. The van der Waals surface area contributed by atoms with E-state index in [0.29, 0.717) is 12.2 Å². The van der Waals surface area contributed by atoms with Gasteiger partial charge in [-0.15, -0.1) is 0 Å². The number of aryl methyl sites for hydroxylation is 1. The van der Waals surface area contributed by atoms with Crippen molar-refractivity contribution in [2.24, 2.45) is 0 Å². The average molecular weight is 203 g/mol. The Bertz CT molecular complexity index is 516. The van der Waals surface area contributed by atoms with E-state index in [9.17, 15) is 10.2 Å². The number of hydrogen-bond donors (Lipinski definition) is 2. The molecule has 0 bridgehead atoms. The SMILES string of the molecule is Oc1cccc2c1cc1n2CCC(O)C1. The van der Waals surface area contributed by atoms with Crippen LogP contribution in [0.3, 0.4) is 0 Å². The molecule has 0 spiro atoms. The largest absolute Gasteiger partial charge is 0.507 e. The second-order valence-electron chi connectivity index (χ2n) is 4.14. The van der Waals surface area contributed by atoms with Crippen LogP contribution in [0.25, 0.3) is 10.9 Å². The molecule has 0 saturated carbocycles. The number of benzene rings is 1. The molecular weight excluding hydrogens is 190 g/mol. The summed E-state index contributed by atoms with van der Waals surface area (Å²) in [6.07, 6.45) is 1.25. The van der Waals surface area contributed by atoms with Gasteiger partial charge in [-0.05, 0) is 24.6 Å². The Morgan fingerprint density at radius 3 is 3.07 bits per heavy atom. The van der Waals surface area contributed by atoms with Crippen LogP contribution in [0.1, 0.15) is 12.1 Å². The van der Waals surface area contributed by atoms with E-state index in [1.54, 1.807) is 6.07 Å². The predicted molar refractivity (Wildman–Crippen MR) is 57.9 cm³/mol. The van der Waals surface area contributed by atoms with Crippen molar-refractivity contribution in [2.75, 3.05) is 0 Å². The Balaban J connectivity index is 2.27. The number of aliphatic hydroxyl groups is 1. The van der Waals surface area contributed by atoms with E-state index in [0.717, 1.165) is 29.6 Å². The first-order valence-electron chi connectivity index (χ1n) is 5.24. The molecule has 0 aliphatic carbocycles. The summed E-state index contributed by atoms with van der Waals surface area (Å²) in [5.74, 6) is 0.323. The normalized spacial score (nSPS) is 20.5. The van der Waals surface area contributed by atoms with Crippen LogP contribution in [0.15, 0.2) is 24.3 Å². The highest BCUT2D eigenvalue weighted by molar-refractivity contribution is 5.87. The van der Waals surface area contributed by atoms with E-state index < -0.39 is 0 Å². The lowest BCUT2D eigenvalue weighted by Gasteiger charge is -2.20. The van der Waals surface area contributed by atoms with Crippen molar-refractivity contribution in [1.82, 2.24) is 4.57 Å². The minimum Gasteiger partial charge on any atom is -0.507 e. The van der Waals surface area contributed by atoms with Gasteiger partial charge >= 0.3 is 0 Å². The molecule has 0 radical (unpaired) electrons. The maximum atomic E-state index is 9.71. The molecular formula is C12H13NO2. The van der Waals surface area contributed by atoms with E-state index in [4.69, 9.17) is 0 Å². The molecule has 0 saturated heterocycles. The Kier molecular flexibility index (Phi) is 1.76. The third-order valence-corrected chi connectivity index (χ3v) is 3.14. The van der Waals surface area contributed by atoms with Crippen LogP contribution in [0.5, 0.6) is 5.75 Å². The van der Waals surface area contributed by atoms with Gasteiger partial charge in [0.25, 0.3) is 0 Å². The summed E-state index contributed by atoms with van der Waals surface area (Å²) in [6, 6.07) is 7.55. The van der Waals surface area contributed by atoms with Crippen LogP contribution in [-0.2, 0) is 13.0 Å².